The number of ketones is 1. The highest BCUT2D eigenvalue weighted by Crippen LogP contribution is 2.35. The summed E-state index contributed by atoms with van der Waals surface area (Å²) in [6.45, 7) is 0. The van der Waals surface area contributed by atoms with Crippen molar-refractivity contribution in [2.24, 2.45) is 0 Å². The van der Waals surface area contributed by atoms with Gasteiger partial charge in [0.2, 0.25) is 0 Å². The van der Waals surface area contributed by atoms with Crippen molar-refractivity contribution >= 4 is 49.0 Å². The lowest BCUT2D eigenvalue weighted by atomic mass is 10.0. The zero-order valence-electron chi connectivity index (χ0n) is 9.24. The Balaban J connectivity index is 2.10. The van der Waals surface area contributed by atoms with Crippen LogP contribution < -0.4 is 0 Å². The summed E-state index contributed by atoms with van der Waals surface area (Å²) < 4.78 is 1.80. The Hall–Kier alpha value is -0.590. The minimum atomic E-state index is 0.159. The number of halogens is 2. The van der Waals surface area contributed by atoms with Gasteiger partial charge in [-0.15, -0.1) is 11.3 Å². The highest BCUT2D eigenvalue weighted by atomic mass is 79.9. The number of pyridine rings is 1. The van der Waals surface area contributed by atoms with E-state index in [0.29, 0.717) is 12.1 Å². The predicted molar refractivity (Wildman–Crippen MR) is 78.0 cm³/mol. The number of carbonyl (C=O) groups is 1. The van der Waals surface area contributed by atoms with Crippen molar-refractivity contribution in [2.45, 2.75) is 19.3 Å². The lowest BCUT2D eigenvalue weighted by molar-refractivity contribution is 0.0968. The summed E-state index contributed by atoms with van der Waals surface area (Å²) in [6, 6.07) is 1.94. The third kappa shape index (κ3) is 2.17. The molecule has 1 aliphatic rings. The van der Waals surface area contributed by atoms with Crippen molar-refractivity contribution in [3.8, 4) is 10.7 Å². The zero-order valence-corrected chi connectivity index (χ0v) is 13.2. The topological polar surface area (TPSA) is 42.9 Å². The molecule has 0 atom stereocenters. The van der Waals surface area contributed by atoms with Crippen LogP contribution in [0.4, 0.5) is 0 Å². The second-order valence-corrected chi connectivity index (χ2v) is 6.91. The second kappa shape index (κ2) is 4.83. The summed E-state index contributed by atoms with van der Waals surface area (Å²) >= 11 is 8.43. The van der Waals surface area contributed by atoms with Gasteiger partial charge in [0.25, 0.3) is 0 Å². The molecule has 2 aromatic rings. The van der Waals surface area contributed by atoms with Crippen LogP contribution in [-0.4, -0.2) is 15.8 Å². The van der Waals surface area contributed by atoms with E-state index >= 15 is 0 Å². The SMILES string of the molecule is O=C1CCCc2sc(-c3ncc(Br)cc3Br)nc21. The molecule has 0 saturated carbocycles. The maximum Gasteiger partial charge on any atom is 0.182 e. The molecule has 0 unspecified atom stereocenters. The van der Waals surface area contributed by atoms with Gasteiger partial charge in [-0.2, -0.15) is 0 Å². The van der Waals surface area contributed by atoms with Crippen molar-refractivity contribution in [3.05, 3.63) is 31.8 Å². The predicted octanol–water partition coefficient (Wildman–Crippen LogP) is 4.25. The van der Waals surface area contributed by atoms with E-state index in [1.54, 1.807) is 17.5 Å². The Morgan fingerprint density at radius 3 is 2.78 bits per heavy atom. The van der Waals surface area contributed by atoms with Gasteiger partial charge in [0.1, 0.15) is 16.4 Å². The van der Waals surface area contributed by atoms with Crippen LogP contribution in [0.5, 0.6) is 0 Å². The number of nitrogens with zero attached hydrogens (tertiary/aromatic N) is 2. The van der Waals surface area contributed by atoms with Crippen LogP contribution in [0.25, 0.3) is 10.7 Å². The fourth-order valence-electron chi connectivity index (χ4n) is 1.94. The molecule has 0 aliphatic heterocycles. The number of fused-ring (bicyclic) bond motifs is 1. The van der Waals surface area contributed by atoms with Gasteiger partial charge in [-0.25, -0.2) is 4.98 Å². The van der Waals surface area contributed by atoms with Crippen LogP contribution in [0.15, 0.2) is 21.2 Å². The largest absolute Gasteiger partial charge is 0.292 e. The quantitative estimate of drug-likeness (QED) is 0.734. The standard InChI is InChI=1S/C12H8Br2N2OS/c13-6-4-7(14)10(15-5-6)12-16-11-8(17)2-1-3-9(11)18-12/h4-5H,1-3H2. The molecule has 2 heterocycles. The summed E-state index contributed by atoms with van der Waals surface area (Å²) in [4.78, 5) is 21.7. The smallest absolute Gasteiger partial charge is 0.182 e. The first-order chi connectivity index (χ1) is 8.65. The minimum absolute atomic E-state index is 0.159. The molecule has 6 heteroatoms. The Labute approximate surface area is 125 Å². The summed E-state index contributed by atoms with van der Waals surface area (Å²) in [5.41, 5.74) is 1.45. The fraction of sp³-hybridized carbons (Fsp3) is 0.250. The van der Waals surface area contributed by atoms with Crippen LogP contribution in [0.3, 0.4) is 0 Å². The number of carbonyl (C=O) groups excluding carboxylic acids is 1. The van der Waals surface area contributed by atoms with E-state index in [9.17, 15) is 4.79 Å². The molecular formula is C12H8Br2N2OS. The number of Topliss-reactive ketones (excluding diaryl/α,β-unsaturated/α-hetero) is 1. The molecule has 0 saturated heterocycles. The lowest BCUT2D eigenvalue weighted by Crippen LogP contribution is -2.08. The fourth-order valence-corrected chi connectivity index (χ4v) is 4.38. The van der Waals surface area contributed by atoms with E-state index in [1.807, 2.05) is 6.07 Å². The third-order valence-electron chi connectivity index (χ3n) is 2.78. The van der Waals surface area contributed by atoms with Crippen LogP contribution >= 0.6 is 43.2 Å². The van der Waals surface area contributed by atoms with E-state index in [4.69, 9.17) is 0 Å². The maximum atomic E-state index is 11.8. The van der Waals surface area contributed by atoms with Gasteiger partial charge in [0, 0.05) is 26.4 Å². The zero-order chi connectivity index (χ0) is 12.7. The number of hydrogen-bond donors (Lipinski definition) is 0. The lowest BCUT2D eigenvalue weighted by Gasteiger charge is -2.06. The monoisotopic (exact) mass is 386 g/mol. The Morgan fingerprint density at radius 1 is 1.22 bits per heavy atom. The van der Waals surface area contributed by atoms with Crippen molar-refractivity contribution in [3.63, 3.8) is 0 Å². The first-order valence-corrected chi connectivity index (χ1v) is 7.89. The highest BCUT2D eigenvalue weighted by Gasteiger charge is 2.23. The molecule has 2 aromatic heterocycles. The van der Waals surface area contributed by atoms with Gasteiger partial charge in [-0.3, -0.25) is 9.78 Å². The van der Waals surface area contributed by atoms with E-state index < -0.39 is 0 Å². The summed E-state index contributed by atoms with van der Waals surface area (Å²) in [5, 5.41) is 0.814. The average Bonchev–Trinajstić information content (AvgIpc) is 2.74. The van der Waals surface area contributed by atoms with Crippen molar-refractivity contribution in [1.82, 2.24) is 9.97 Å². The molecule has 0 spiro atoms. The molecular weight excluding hydrogens is 380 g/mol. The van der Waals surface area contributed by atoms with Crippen LogP contribution in [0, 0.1) is 0 Å². The van der Waals surface area contributed by atoms with Crippen molar-refractivity contribution in [2.75, 3.05) is 0 Å². The first kappa shape index (κ1) is 12.4. The van der Waals surface area contributed by atoms with Gasteiger partial charge in [0.15, 0.2) is 5.78 Å². The minimum Gasteiger partial charge on any atom is -0.292 e. The van der Waals surface area contributed by atoms with E-state index in [-0.39, 0.29) is 5.78 Å². The summed E-state index contributed by atoms with van der Waals surface area (Å²) in [7, 11) is 0. The van der Waals surface area contributed by atoms with Gasteiger partial charge < -0.3 is 0 Å². The number of thiazole rings is 1. The highest BCUT2D eigenvalue weighted by molar-refractivity contribution is 9.11. The molecule has 0 fully saturated rings. The molecule has 0 aromatic carbocycles. The molecule has 0 amide bonds. The Kier molecular flexibility index (Phi) is 3.34. The van der Waals surface area contributed by atoms with Gasteiger partial charge >= 0.3 is 0 Å². The van der Waals surface area contributed by atoms with Gasteiger partial charge in [0.05, 0.1) is 0 Å². The summed E-state index contributed by atoms with van der Waals surface area (Å²) in [5.74, 6) is 0.159. The Bertz CT molecular complexity index is 639. The normalized spacial score (nSPS) is 14.7. The van der Waals surface area contributed by atoms with Gasteiger partial charge in [-0.05, 0) is 50.8 Å². The molecule has 0 radical (unpaired) electrons. The van der Waals surface area contributed by atoms with Gasteiger partial charge in [-0.1, -0.05) is 0 Å². The Morgan fingerprint density at radius 2 is 2.06 bits per heavy atom. The first-order valence-electron chi connectivity index (χ1n) is 5.49. The number of hydrogen-bond acceptors (Lipinski definition) is 4. The molecule has 92 valence electrons. The number of aryl methyl sites for hydroxylation is 1. The maximum absolute atomic E-state index is 11.8. The molecule has 0 N–H and O–H groups in total. The number of rotatable bonds is 1. The molecule has 18 heavy (non-hydrogen) atoms. The van der Waals surface area contributed by atoms with Crippen molar-refractivity contribution < 1.29 is 4.79 Å². The molecule has 3 nitrogen and oxygen atoms in total. The second-order valence-electron chi connectivity index (χ2n) is 4.05. The van der Waals surface area contributed by atoms with E-state index in [2.05, 4.69) is 41.8 Å². The molecule has 3 rings (SSSR count). The summed E-state index contributed by atoms with van der Waals surface area (Å²) in [6.07, 6.45) is 4.24. The average molecular weight is 388 g/mol. The third-order valence-corrected chi connectivity index (χ3v) is 4.94. The van der Waals surface area contributed by atoms with E-state index in [0.717, 1.165) is 37.4 Å². The van der Waals surface area contributed by atoms with Crippen LogP contribution in [-0.2, 0) is 6.42 Å². The van der Waals surface area contributed by atoms with E-state index in [1.165, 1.54) is 0 Å². The van der Waals surface area contributed by atoms with Crippen LogP contribution in [0.1, 0.15) is 28.2 Å². The number of aromatic nitrogens is 2. The van der Waals surface area contributed by atoms with Crippen molar-refractivity contribution in [1.29, 1.82) is 0 Å². The molecule has 1 aliphatic carbocycles. The molecule has 0 bridgehead atoms. The van der Waals surface area contributed by atoms with Crippen LogP contribution in [0.2, 0.25) is 0 Å².